The van der Waals surface area contributed by atoms with Gasteiger partial charge in [0.05, 0.1) is 6.54 Å². The smallest absolute Gasteiger partial charge is 0.233 e. The largest absolute Gasteiger partial charge is 0.352 e. The molecule has 2 aliphatic rings. The van der Waals surface area contributed by atoms with E-state index in [9.17, 15) is 4.79 Å². The van der Waals surface area contributed by atoms with E-state index in [0.29, 0.717) is 18.1 Å². The molecule has 0 aromatic heterocycles. The second-order valence-corrected chi connectivity index (χ2v) is 5.98. The molecule has 6 heteroatoms. The Hall–Kier alpha value is -0.810. The first-order chi connectivity index (χ1) is 9.76. The Morgan fingerprint density at radius 1 is 1.14 bits per heavy atom. The molecule has 0 radical (unpaired) electrons. The minimum atomic E-state index is -0.0223. The third-order valence-electron chi connectivity index (χ3n) is 4.64. The zero-order chi connectivity index (χ0) is 13.9. The van der Waals surface area contributed by atoms with Crippen molar-refractivity contribution in [2.24, 2.45) is 5.73 Å². The van der Waals surface area contributed by atoms with Crippen LogP contribution in [0.4, 0.5) is 0 Å². The molecule has 1 amide bonds. The maximum atomic E-state index is 11.4. The second kappa shape index (κ2) is 8.73. The molecule has 0 saturated carbocycles. The van der Waals surface area contributed by atoms with Crippen LogP contribution in [0.15, 0.2) is 30.3 Å². The quantitative estimate of drug-likeness (QED) is 0.878. The van der Waals surface area contributed by atoms with E-state index in [1.807, 2.05) is 0 Å². The van der Waals surface area contributed by atoms with E-state index in [2.05, 4.69) is 40.5 Å². The molecular weight excluding hydrogens is 321 g/mol. The minimum absolute atomic E-state index is 0. The third-order valence-corrected chi connectivity index (χ3v) is 4.64. The molecule has 2 saturated heterocycles. The van der Waals surface area contributed by atoms with Crippen LogP contribution in [0.1, 0.15) is 31.2 Å². The summed E-state index contributed by atoms with van der Waals surface area (Å²) >= 11 is 0. The molecule has 4 nitrogen and oxygen atoms in total. The number of benzene rings is 1. The lowest BCUT2D eigenvalue weighted by Crippen LogP contribution is -2.50. The van der Waals surface area contributed by atoms with Crippen LogP contribution in [0, 0.1) is 0 Å². The van der Waals surface area contributed by atoms with E-state index in [1.54, 1.807) is 0 Å². The van der Waals surface area contributed by atoms with Gasteiger partial charge in [0.1, 0.15) is 0 Å². The van der Waals surface area contributed by atoms with Gasteiger partial charge < -0.3 is 11.1 Å². The number of amides is 1. The fourth-order valence-electron chi connectivity index (χ4n) is 3.73. The van der Waals surface area contributed by atoms with E-state index >= 15 is 0 Å². The summed E-state index contributed by atoms with van der Waals surface area (Å²) in [5.41, 5.74) is 6.76. The number of fused-ring (bicyclic) bond motifs is 2. The lowest BCUT2D eigenvalue weighted by atomic mass is 9.96. The monoisotopic (exact) mass is 345 g/mol. The summed E-state index contributed by atoms with van der Waals surface area (Å²) in [7, 11) is 0. The van der Waals surface area contributed by atoms with Gasteiger partial charge in [-0.15, -0.1) is 24.8 Å². The van der Waals surface area contributed by atoms with Crippen molar-refractivity contribution in [3.05, 3.63) is 35.9 Å². The van der Waals surface area contributed by atoms with E-state index < -0.39 is 0 Å². The summed E-state index contributed by atoms with van der Waals surface area (Å²) < 4.78 is 0. The highest BCUT2D eigenvalue weighted by molar-refractivity contribution is 5.85. The van der Waals surface area contributed by atoms with Crippen LogP contribution in [0.2, 0.25) is 0 Å². The number of piperidine rings is 1. The molecule has 22 heavy (non-hydrogen) atoms. The molecule has 2 atom stereocenters. The van der Waals surface area contributed by atoms with Crippen molar-refractivity contribution in [2.45, 2.75) is 50.4 Å². The van der Waals surface area contributed by atoms with E-state index in [0.717, 1.165) is 19.4 Å². The molecule has 3 N–H and O–H groups in total. The van der Waals surface area contributed by atoms with E-state index in [4.69, 9.17) is 5.73 Å². The number of hydrogen-bond acceptors (Lipinski definition) is 3. The van der Waals surface area contributed by atoms with Gasteiger partial charge in [-0.2, -0.15) is 0 Å². The Kier molecular flexibility index (Phi) is 7.63. The number of hydrogen-bond donors (Lipinski definition) is 2. The lowest BCUT2D eigenvalue weighted by Gasteiger charge is -2.39. The number of nitrogens with one attached hydrogen (secondary N) is 1. The Bertz CT molecular complexity index is 458. The van der Waals surface area contributed by atoms with Crippen molar-refractivity contribution in [2.75, 3.05) is 6.54 Å². The van der Waals surface area contributed by atoms with Crippen LogP contribution in [0.5, 0.6) is 0 Å². The highest BCUT2D eigenvalue weighted by atomic mass is 35.5. The molecular formula is C16H25Cl2N3O. The molecule has 2 fully saturated rings. The van der Waals surface area contributed by atoms with Crippen LogP contribution in [0.3, 0.4) is 0 Å². The van der Waals surface area contributed by atoms with Crippen LogP contribution >= 0.6 is 24.8 Å². The molecule has 2 unspecified atom stereocenters. The van der Waals surface area contributed by atoms with Gasteiger partial charge in [0.15, 0.2) is 0 Å². The molecule has 0 aliphatic carbocycles. The van der Waals surface area contributed by atoms with Crippen molar-refractivity contribution in [3.8, 4) is 0 Å². The normalized spacial score (nSPS) is 26.7. The number of carbonyl (C=O) groups is 1. The number of nitrogens with zero attached hydrogens (tertiary/aromatic N) is 1. The molecule has 2 heterocycles. The summed E-state index contributed by atoms with van der Waals surface area (Å²) in [5.74, 6) is -0.0223. The Balaban J connectivity index is 0.00000121. The van der Waals surface area contributed by atoms with Gasteiger partial charge >= 0.3 is 0 Å². The van der Waals surface area contributed by atoms with E-state index in [-0.39, 0.29) is 37.3 Å². The molecule has 1 aromatic rings. The van der Waals surface area contributed by atoms with Crippen LogP contribution < -0.4 is 11.1 Å². The van der Waals surface area contributed by atoms with Gasteiger partial charge in [-0.1, -0.05) is 30.3 Å². The molecule has 0 spiro atoms. The van der Waals surface area contributed by atoms with Crippen molar-refractivity contribution in [1.82, 2.24) is 10.2 Å². The van der Waals surface area contributed by atoms with Crippen LogP contribution in [0.25, 0.3) is 0 Å². The third kappa shape index (κ3) is 4.35. The number of carbonyl (C=O) groups excluding carboxylic acids is 1. The van der Waals surface area contributed by atoms with Crippen LogP contribution in [-0.2, 0) is 11.3 Å². The fourth-order valence-corrected chi connectivity index (χ4v) is 3.73. The topological polar surface area (TPSA) is 58.4 Å². The van der Waals surface area contributed by atoms with Gasteiger partial charge in [-0.25, -0.2) is 0 Å². The fraction of sp³-hybridized carbons (Fsp3) is 0.562. The standard InChI is InChI=1S/C16H23N3O.2ClH/c17-10-16(20)18-13-8-14-6-7-15(9-13)19(14)11-12-4-2-1-3-5-12;;/h1-5,13-15H,6-11,17H2,(H,18,20);2*1H. The van der Waals surface area contributed by atoms with Crippen molar-refractivity contribution < 1.29 is 4.79 Å². The summed E-state index contributed by atoms with van der Waals surface area (Å²) in [5, 5.41) is 3.06. The minimum Gasteiger partial charge on any atom is -0.352 e. The van der Waals surface area contributed by atoms with Crippen molar-refractivity contribution in [1.29, 1.82) is 0 Å². The Morgan fingerprint density at radius 3 is 2.27 bits per heavy atom. The Morgan fingerprint density at radius 2 is 1.73 bits per heavy atom. The highest BCUT2D eigenvalue weighted by Crippen LogP contribution is 2.36. The predicted molar refractivity (Wildman–Crippen MR) is 93.5 cm³/mol. The summed E-state index contributed by atoms with van der Waals surface area (Å²) in [6.45, 7) is 1.13. The average molecular weight is 346 g/mol. The van der Waals surface area contributed by atoms with E-state index in [1.165, 1.54) is 18.4 Å². The first kappa shape index (κ1) is 19.2. The molecule has 124 valence electrons. The number of rotatable bonds is 4. The van der Waals surface area contributed by atoms with Gasteiger partial charge in [-0.05, 0) is 31.2 Å². The second-order valence-electron chi connectivity index (χ2n) is 5.98. The van der Waals surface area contributed by atoms with Gasteiger partial charge in [0, 0.05) is 24.7 Å². The molecule has 3 rings (SSSR count). The SMILES string of the molecule is Cl.Cl.NCC(=O)NC1CC2CCC(C1)N2Cc1ccccc1. The van der Waals surface area contributed by atoms with Gasteiger partial charge in [0.2, 0.25) is 5.91 Å². The van der Waals surface area contributed by atoms with Crippen LogP contribution in [-0.4, -0.2) is 35.5 Å². The number of halogens is 2. The molecule has 2 bridgehead atoms. The Labute approximate surface area is 144 Å². The van der Waals surface area contributed by atoms with Gasteiger partial charge in [0.25, 0.3) is 0 Å². The summed E-state index contributed by atoms with van der Waals surface area (Å²) in [4.78, 5) is 14.1. The number of nitrogens with two attached hydrogens (primary N) is 1. The predicted octanol–water partition coefficient (Wildman–Crippen LogP) is 2.10. The zero-order valence-electron chi connectivity index (χ0n) is 12.6. The molecule has 2 aliphatic heterocycles. The first-order valence-corrected chi connectivity index (χ1v) is 7.55. The first-order valence-electron chi connectivity index (χ1n) is 7.55. The average Bonchev–Trinajstić information content (AvgIpc) is 2.71. The maximum Gasteiger partial charge on any atom is 0.233 e. The van der Waals surface area contributed by atoms with Gasteiger partial charge in [-0.3, -0.25) is 9.69 Å². The zero-order valence-corrected chi connectivity index (χ0v) is 14.2. The maximum absolute atomic E-state index is 11.4. The van der Waals surface area contributed by atoms with Crippen molar-refractivity contribution >= 4 is 30.7 Å². The lowest BCUT2D eigenvalue weighted by molar-refractivity contribution is -0.120. The van der Waals surface area contributed by atoms with Crippen molar-refractivity contribution in [3.63, 3.8) is 0 Å². The summed E-state index contributed by atoms with van der Waals surface area (Å²) in [6, 6.07) is 12.2. The summed E-state index contributed by atoms with van der Waals surface area (Å²) in [6.07, 6.45) is 4.64. The molecule has 1 aromatic carbocycles. The highest BCUT2D eigenvalue weighted by Gasteiger charge is 2.40.